The van der Waals surface area contributed by atoms with E-state index in [0.29, 0.717) is 22.4 Å². The zero-order valence-corrected chi connectivity index (χ0v) is 13.5. The fourth-order valence-electron chi connectivity index (χ4n) is 3.60. The number of aliphatic hydroxyl groups excluding tert-OH is 1. The van der Waals surface area contributed by atoms with Gasteiger partial charge in [0, 0.05) is 19.1 Å². The van der Waals surface area contributed by atoms with E-state index in [9.17, 15) is 4.79 Å². The Morgan fingerprint density at radius 3 is 2.90 bits per heavy atom. The van der Waals surface area contributed by atoms with Crippen molar-refractivity contribution in [2.75, 3.05) is 24.6 Å². The summed E-state index contributed by atoms with van der Waals surface area (Å²) in [6.45, 7) is 2.05. The van der Waals surface area contributed by atoms with E-state index in [0.717, 1.165) is 31.6 Å². The van der Waals surface area contributed by atoms with Crippen molar-refractivity contribution in [3.8, 4) is 0 Å². The maximum atomic E-state index is 12.2. The van der Waals surface area contributed by atoms with Gasteiger partial charge in [-0.15, -0.1) is 0 Å². The molecule has 1 saturated heterocycles. The van der Waals surface area contributed by atoms with E-state index in [2.05, 4.69) is 25.9 Å². The zero-order chi connectivity index (χ0) is 15.0. The summed E-state index contributed by atoms with van der Waals surface area (Å²) in [6.07, 6.45) is 5.08. The molecule has 1 aromatic rings. The average molecular weight is 357 g/mol. The van der Waals surface area contributed by atoms with Crippen LogP contribution in [0.3, 0.4) is 0 Å². The second kappa shape index (κ2) is 6.06. The van der Waals surface area contributed by atoms with Crippen LogP contribution in [-0.2, 0) is 6.54 Å². The smallest absolute Gasteiger partial charge is 0.283 e. The SMILES string of the molecule is NC1CC[C@@H]2CN(c3cnn(CCO)c(=O)c3Br)C[C@@H]2C1. The van der Waals surface area contributed by atoms with Crippen LogP contribution >= 0.6 is 15.9 Å². The van der Waals surface area contributed by atoms with Crippen molar-refractivity contribution in [1.29, 1.82) is 0 Å². The lowest BCUT2D eigenvalue weighted by Crippen LogP contribution is -2.32. The van der Waals surface area contributed by atoms with Crippen molar-refractivity contribution < 1.29 is 5.11 Å². The number of anilines is 1. The Hall–Kier alpha value is -0.920. The van der Waals surface area contributed by atoms with Crippen molar-refractivity contribution in [1.82, 2.24) is 9.78 Å². The number of aliphatic hydroxyl groups is 1. The minimum absolute atomic E-state index is 0.0928. The summed E-state index contributed by atoms with van der Waals surface area (Å²) in [5.41, 5.74) is 6.74. The third-order valence-electron chi connectivity index (χ3n) is 4.71. The topological polar surface area (TPSA) is 84.4 Å². The first-order chi connectivity index (χ1) is 10.1. The molecule has 1 saturated carbocycles. The van der Waals surface area contributed by atoms with Crippen molar-refractivity contribution in [3.63, 3.8) is 0 Å². The van der Waals surface area contributed by atoms with Crippen LogP contribution in [0, 0.1) is 11.8 Å². The molecule has 0 aromatic carbocycles. The van der Waals surface area contributed by atoms with Gasteiger partial charge in [-0.3, -0.25) is 4.79 Å². The maximum Gasteiger partial charge on any atom is 0.283 e. The molecule has 0 spiro atoms. The van der Waals surface area contributed by atoms with Crippen molar-refractivity contribution in [2.24, 2.45) is 17.6 Å². The molecule has 2 aliphatic rings. The second-order valence-corrected chi connectivity index (χ2v) is 6.89. The Morgan fingerprint density at radius 1 is 1.38 bits per heavy atom. The summed E-state index contributed by atoms with van der Waals surface area (Å²) in [5.74, 6) is 1.30. The normalized spacial score (nSPS) is 28.7. The van der Waals surface area contributed by atoms with E-state index in [-0.39, 0.29) is 18.7 Å². The molecule has 1 aliphatic heterocycles. The number of hydrogen-bond donors (Lipinski definition) is 2. The van der Waals surface area contributed by atoms with E-state index in [1.165, 1.54) is 11.1 Å². The minimum Gasteiger partial charge on any atom is -0.394 e. The van der Waals surface area contributed by atoms with Crippen LogP contribution in [-0.4, -0.2) is 40.6 Å². The first-order valence-electron chi connectivity index (χ1n) is 7.47. The molecule has 1 aliphatic carbocycles. The highest BCUT2D eigenvalue weighted by Crippen LogP contribution is 2.38. The Morgan fingerprint density at radius 2 is 2.14 bits per heavy atom. The maximum absolute atomic E-state index is 12.2. The summed E-state index contributed by atoms with van der Waals surface area (Å²) >= 11 is 3.40. The Balaban J connectivity index is 1.82. The van der Waals surface area contributed by atoms with Crippen LogP contribution in [0.5, 0.6) is 0 Å². The largest absolute Gasteiger partial charge is 0.394 e. The lowest BCUT2D eigenvalue weighted by molar-refractivity contribution is 0.266. The molecule has 0 radical (unpaired) electrons. The fraction of sp³-hybridized carbons (Fsp3) is 0.714. The number of aromatic nitrogens is 2. The van der Waals surface area contributed by atoms with E-state index >= 15 is 0 Å². The molecule has 7 heteroatoms. The molecule has 116 valence electrons. The molecule has 6 nitrogen and oxygen atoms in total. The van der Waals surface area contributed by atoms with Gasteiger partial charge in [0.15, 0.2) is 0 Å². The van der Waals surface area contributed by atoms with Gasteiger partial charge < -0.3 is 15.7 Å². The quantitative estimate of drug-likeness (QED) is 0.826. The van der Waals surface area contributed by atoms with Crippen molar-refractivity contribution in [3.05, 3.63) is 21.0 Å². The number of nitrogens with zero attached hydrogens (tertiary/aromatic N) is 3. The highest BCUT2D eigenvalue weighted by molar-refractivity contribution is 9.10. The predicted molar refractivity (Wildman–Crippen MR) is 84.3 cm³/mol. The Labute approximate surface area is 132 Å². The van der Waals surface area contributed by atoms with E-state index in [1.807, 2.05) is 0 Å². The summed E-state index contributed by atoms with van der Waals surface area (Å²) in [4.78, 5) is 14.4. The van der Waals surface area contributed by atoms with Crippen LogP contribution in [0.25, 0.3) is 0 Å². The molecule has 0 amide bonds. The van der Waals surface area contributed by atoms with Gasteiger partial charge in [0.25, 0.3) is 5.56 Å². The molecule has 2 fully saturated rings. The predicted octanol–water partition coefficient (Wildman–Crippen LogP) is 0.562. The molecule has 3 atom stereocenters. The summed E-state index contributed by atoms with van der Waals surface area (Å²) in [6, 6.07) is 0.324. The van der Waals surface area contributed by atoms with Gasteiger partial charge in [-0.1, -0.05) is 0 Å². The molecule has 3 rings (SSSR count). The molecule has 1 aromatic heterocycles. The number of hydrogen-bond acceptors (Lipinski definition) is 5. The van der Waals surface area contributed by atoms with Crippen molar-refractivity contribution in [2.45, 2.75) is 31.8 Å². The van der Waals surface area contributed by atoms with Crippen LogP contribution in [0.2, 0.25) is 0 Å². The van der Waals surface area contributed by atoms with Gasteiger partial charge in [-0.25, -0.2) is 4.68 Å². The van der Waals surface area contributed by atoms with Crippen LogP contribution in [0.1, 0.15) is 19.3 Å². The van der Waals surface area contributed by atoms with Gasteiger partial charge in [0.2, 0.25) is 0 Å². The first-order valence-corrected chi connectivity index (χ1v) is 8.26. The van der Waals surface area contributed by atoms with Gasteiger partial charge in [0.05, 0.1) is 25.0 Å². The first kappa shape index (κ1) is 15.0. The molecular weight excluding hydrogens is 336 g/mol. The zero-order valence-electron chi connectivity index (χ0n) is 11.9. The number of rotatable bonds is 3. The standard InChI is InChI=1S/C14H21BrN4O2/c15-13-12(6-17-19(3-4-20)14(13)21)18-7-9-1-2-11(16)5-10(9)8-18/h6,9-11,20H,1-5,7-8,16H2/t9-,10+,11?/m1/s1. The number of fused-ring (bicyclic) bond motifs is 1. The Kier molecular flexibility index (Phi) is 4.33. The molecule has 21 heavy (non-hydrogen) atoms. The minimum atomic E-state index is -0.187. The van der Waals surface area contributed by atoms with Crippen LogP contribution < -0.4 is 16.2 Å². The molecule has 0 bridgehead atoms. The van der Waals surface area contributed by atoms with Crippen LogP contribution in [0.15, 0.2) is 15.5 Å². The van der Waals surface area contributed by atoms with E-state index in [1.54, 1.807) is 6.20 Å². The van der Waals surface area contributed by atoms with Gasteiger partial charge >= 0.3 is 0 Å². The third kappa shape index (κ3) is 2.86. The average Bonchev–Trinajstić information content (AvgIpc) is 2.87. The van der Waals surface area contributed by atoms with Crippen LogP contribution in [0.4, 0.5) is 5.69 Å². The lowest BCUT2D eigenvalue weighted by Gasteiger charge is -2.27. The highest BCUT2D eigenvalue weighted by atomic mass is 79.9. The van der Waals surface area contributed by atoms with E-state index in [4.69, 9.17) is 10.8 Å². The van der Waals surface area contributed by atoms with Gasteiger partial charge in [-0.05, 0) is 47.0 Å². The lowest BCUT2D eigenvalue weighted by atomic mass is 9.79. The highest BCUT2D eigenvalue weighted by Gasteiger charge is 2.37. The summed E-state index contributed by atoms with van der Waals surface area (Å²) < 4.78 is 1.82. The van der Waals surface area contributed by atoms with Gasteiger partial charge in [0.1, 0.15) is 4.47 Å². The van der Waals surface area contributed by atoms with E-state index < -0.39 is 0 Å². The number of halogens is 1. The fourth-order valence-corrected chi connectivity index (χ4v) is 4.15. The van der Waals surface area contributed by atoms with Gasteiger partial charge in [-0.2, -0.15) is 5.10 Å². The molecule has 3 N–H and O–H groups in total. The molecular formula is C14H21BrN4O2. The summed E-state index contributed by atoms with van der Waals surface area (Å²) in [5, 5.41) is 13.1. The number of nitrogens with two attached hydrogens (primary N) is 1. The third-order valence-corrected chi connectivity index (χ3v) is 5.45. The Bertz CT molecular complexity index is 577. The second-order valence-electron chi connectivity index (χ2n) is 6.09. The monoisotopic (exact) mass is 356 g/mol. The van der Waals surface area contributed by atoms with Crippen molar-refractivity contribution >= 4 is 21.6 Å². The summed E-state index contributed by atoms with van der Waals surface area (Å²) in [7, 11) is 0. The molecule has 1 unspecified atom stereocenters. The molecule has 2 heterocycles.